The van der Waals surface area contributed by atoms with Gasteiger partial charge in [0.2, 0.25) is 0 Å². The van der Waals surface area contributed by atoms with Crippen molar-refractivity contribution in [1.29, 1.82) is 0 Å². The van der Waals surface area contributed by atoms with Crippen LogP contribution in [-0.4, -0.2) is 15.7 Å². The molecule has 11 heavy (non-hydrogen) atoms. The van der Waals surface area contributed by atoms with Crippen molar-refractivity contribution in [2.45, 2.75) is 25.2 Å². The Balaban J connectivity index is 2.66. The highest BCUT2D eigenvalue weighted by Gasteiger charge is 1.93. The van der Waals surface area contributed by atoms with Gasteiger partial charge in [-0.15, -0.1) is 11.8 Å². The fourth-order valence-electron chi connectivity index (χ4n) is 0.767. The van der Waals surface area contributed by atoms with Gasteiger partial charge in [0.25, 0.3) is 0 Å². The summed E-state index contributed by atoms with van der Waals surface area (Å²) >= 11 is 1.77. The van der Waals surface area contributed by atoms with E-state index in [1.54, 1.807) is 11.8 Å². The molecule has 0 amide bonds. The molecular formula is C8H12N2S. The highest BCUT2D eigenvalue weighted by Crippen LogP contribution is 2.14. The largest absolute Gasteiger partial charge is 0.240 e. The van der Waals surface area contributed by atoms with Crippen molar-refractivity contribution in [3.05, 3.63) is 18.2 Å². The molecule has 1 aromatic rings. The molecule has 0 spiro atoms. The van der Waals surface area contributed by atoms with E-state index in [0.29, 0.717) is 0 Å². The van der Waals surface area contributed by atoms with Crippen molar-refractivity contribution < 1.29 is 0 Å². The number of aromatic nitrogens is 2. The van der Waals surface area contributed by atoms with Gasteiger partial charge in [-0.3, -0.25) is 0 Å². The van der Waals surface area contributed by atoms with E-state index >= 15 is 0 Å². The van der Waals surface area contributed by atoms with E-state index in [9.17, 15) is 0 Å². The molecule has 1 heterocycles. The minimum atomic E-state index is 0.914. The molecule has 3 heteroatoms. The van der Waals surface area contributed by atoms with Crippen LogP contribution in [0.1, 0.15) is 19.7 Å². The summed E-state index contributed by atoms with van der Waals surface area (Å²) in [6.45, 7) is 4.18. The Hall–Kier alpha value is -0.570. The molecule has 0 aliphatic heterocycles. The first-order chi connectivity index (χ1) is 5.36. The topological polar surface area (TPSA) is 25.8 Å². The predicted molar refractivity (Wildman–Crippen MR) is 47.8 cm³/mol. The highest BCUT2D eigenvalue weighted by atomic mass is 32.2. The molecule has 0 bridgehead atoms. The van der Waals surface area contributed by atoms with Crippen LogP contribution in [0, 0.1) is 0 Å². The van der Waals surface area contributed by atoms with E-state index in [4.69, 9.17) is 0 Å². The Bertz CT molecular complexity index is 208. The molecule has 2 nitrogen and oxygen atoms in total. The molecule has 0 saturated carbocycles. The van der Waals surface area contributed by atoms with E-state index in [-0.39, 0.29) is 0 Å². The molecular weight excluding hydrogens is 156 g/mol. The van der Waals surface area contributed by atoms with E-state index in [1.165, 1.54) is 0 Å². The molecule has 0 aliphatic rings. The fourth-order valence-corrected chi connectivity index (χ4v) is 1.35. The number of nitrogens with zero attached hydrogens (tertiary/aromatic N) is 2. The minimum absolute atomic E-state index is 0.914. The summed E-state index contributed by atoms with van der Waals surface area (Å²) < 4.78 is 0. The van der Waals surface area contributed by atoms with E-state index in [1.807, 2.05) is 12.4 Å². The van der Waals surface area contributed by atoms with E-state index < -0.39 is 0 Å². The lowest BCUT2D eigenvalue weighted by atomic mass is 10.4. The lowest BCUT2D eigenvalue weighted by molar-refractivity contribution is 0.916. The number of rotatable bonds is 3. The number of thioether (sulfide) groups is 1. The molecule has 0 radical (unpaired) electrons. The molecule has 0 saturated heterocycles. The van der Waals surface area contributed by atoms with Gasteiger partial charge in [-0.05, 0) is 5.75 Å². The maximum atomic E-state index is 4.18. The number of aryl methyl sites for hydroxylation is 1. The predicted octanol–water partition coefficient (Wildman–Crippen LogP) is 2.15. The molecule has 0 fully saturated rings. The van der Waals surface area contributed by atoms with Gasteiger partial charge in [0.15, 0.2) is 0 Å². The molecule has 1 aromatic heterocycles. The molecule has 0 unspecified atom stereocenters. The zero-order valence-corrected chi connectivity index (χ0v) is 7.69. The molecule has 0 aromatic carbocycles. The summed E-state index contributed by atoms with van der Waals surface area (Å²) in [5.41, 5.74) is 0. The quantitative estimate of drug-likeness (QED) is 0.647. The van der Waals surface area contributed by atoms with E-state index in [0.717, 1.165) is 22.9 Å². The zero-order chi connectivity index (χ0) is 8.10. The second-order valence-electron chi connectivity index (χ2n) is 2.12. The Kier molecular flexibility index (Phi) is 3.36. The monoisotopic (exact) mass is 168 g/mol. The van der Waals surface area contributed by atoms with Crippen LogP contribution in [0.4, 0.5) is 0 Å². The molecule has 1 rings (SSSR count). The van der Waals surface area contributed by atoms with Crippen molar-refractivity contribution in [3.63, 3.8) is 0 Å². The summed E-state index contributed by atoms with van der Waals surface area (Å²) in [6.07, 6.45) is 4.69. The maximum absolute atomic E-state index is 4.18. The van der Waals surface area contributed by atoms with Crippen LogP contribution in [0.5, 0.6) is 0 Å². The maximum Gasteiger partial charge on any atom is 0.128 e. The smallest absolute Gasteiger partial charge is 0.128 e. The van der Waals surface area contributed by atoms with Gasteiger partial charge in [-0.1, -0.05) is 13.8 Å². The first kappa shape index (κ1) is 8.53. The van der Waals surface area contributed by atoms with Crippen molar-refractivity contribution in [1.82, 2.24) is 9.97 Å². The second-order valence-corrected chi connectivity index (χ2v) is 3.46. The van der Waals surface area contributed by atoms with Crippen LogP contribution in [0.15, 0.2) is 17.3 Å². The average Bonchev–Trinajstić information content (AvgIpc) is 2.07. The normalized spacial score (nSPS) is 10.0. The lowest BCUT2D eigenvalue weighted by Crippen LogP contribution is -1.90. The van der Waals surface area contributed by atoms with Crippen LogP contribution in [0.25, 0.3) is 0 Å². The zero-order valence-electron chi connectivity index (χ0n) is 6.87. The van der Waals surface area contributed by atoms with E-state index in [2.05, 4.69) is 23.8 Å². The first-order valence-electron chi connectivity index (χ1n) is 3.80. The third kappa shape index (κ3) is 2.50. The number of hydrogen-bond acceptors (Lipinski definition) is 3. The average molecular weight is 168 g/mol. The van der Waals surface area contributed by atoms with Crippen LogP contribution < -0.4 is 0 Å². The summed E-state index contributed by atoms with van der Waals surface area (Å²) in [5, 5.41) is 0. The third-order valence-corrected chi connectivity index (χ3v) is 2.14. The Morgan fingerprint density at radius 2 is 1.91 bits per heavy atom. The van der Waals surface area contributed by atoms with Gasteiger partial charge >= 0.3 is 0 Å². The Morgan fingerprint density at radius 1 is 1.27 bits per heavy atom. The Morgan fingerprint density at radius 3 is 2.36 bits per heavy atom. The van der Waals surface area contributed by atoms with Crippen molar-refractivity contribution in [2.75, 3.05) is 5.75 Å². The number of hydrogen-bond donors (Lipinski definition) is 0. The van der Waals surface area contributed by atoms with Crippen LogP contribution >= 0.6 is 11.8 Å². The third-order valence-electron chi connectivity index (χ3n) is 1.31. The SMILES string of the molecule is CCSc1cnc(CC)nc1. The van der Waals surface area contributed by atoms with Crippen molar-refractivity contribution >= 4 is 11.8 Å². The molecule has 60 valence electrons. The summed E-state index contributed by atoms with van der Waals surface area (Å²) in [7, 11) is 0. The van der Waals surface area contributed by atoms with Gasteiger partial charge < -0.3 is 0 Å². The van der Waals surface area contributed by atoms with Gasteiger partial charge in [0.1, 0.15) is 5.82 Å². The minimum Gasteiger partial charge on any atom is -0.240 e. The van der Waals surface area contributed by atoms with Gasteiger partial charge in [0.05, 0.1) is 0 Å². The van der Waals surface area contributed by atoms with Crippen LogP contribution in [0.3, 0.4) is 0 Å². The first-order valence-corrected chi connectivity index (χ1v) is 4.79. The Labute approximate surface area is 71.5 Å². The van der Waals surface area contributed by atoms with Crippen molar-refractivity contribution in [3.8, 4) is 0 Å². The summed E-state index contributed by atoms with van der Waals surface area (Å²) in [4.78, 5) is 9.52. The highest BCUT2D eigenvalue weighted by molar-refractivity contribution is 7.99. The van der Waals surface area contributed by atoms with Crippen LogP contribution in [0.2, 0.25) is 0 Å². The lowest BCUT2D eigenvalue weighted by Gasteiger charge is -1.97. The summed E-state index contributed by atoms with van der Waals surface area (Å²) in [5.74, 6) is 2.00. The standard InChI is InChI=1S/C8H12N2S/c1-3-8-9-5-7(6-10-8)11-4-2/h5-6H,3-4H2,1-2H3. The van der Waals surface area contributed by atoms with Crippen molar-refractivity contribution in [2.24, 2.45) is 0 Å². The molecule has 0 atom stereocenters. The van der Waals surface area contributed by atoms with Gasteiger partial charge in [0, 0.05) is 23.7 Å². The molecule has 0 aliphatic carbocycles. The second kappa shape index (κ2) is 4.34. The molecule has 0 N–H and O–H groups in total. The summed E-state index contributed by atoms with van der Waals surface area (Å²) in [6, 6.07) is 0. The van der Waals surface area contributed by atoms with Crippen LogP contribution in [-0.2, 0) is 6.42 Å². The van der Waals surface area contributed by atoms with Gasteiger partial charge in [-0.25, -0.2) is 9.97 Å². The van der Waals surface area contributed by atoms with Gasteiger partial charge in [-0.2, -0.15) is 0 Å². The fraction of sp³-hybridized carbons (Fsp3) is 0.500.